The highest BCUT2D eigenvalue weighted by atomic mass is 32.1. The van der Waals surface area contributed by atoms with Gasteiger partial charge in [0.15, 0.2) is 17.3 Å². The van der Waals surface area contributed by atoms with Gasteiger partial charge in [-0.2, -0.15) is 9.78 Å². The first kappa shape index (κ1) is 23.1. The van der Waals surface area contributed by atoms with Gasteiger partial charge in [-0.25, -0.2) is 13.6 Å². The third kappa shape index (κ3) is 4.25. The number of nitrogens with one attached hydrogen (secondary N) is 1. The summed E-state index contributed by atoms with van der Waals surface area (Å²) in [5.74, 6) is -3.33. The van der Waals surface area contributed by atoms with Crippen LogP contribution in [0.3, 0.4) is 0 Å². The topological polar surface area (TPSA) is 99.5 Å². The molecule has 0 atom stereocenters. The normalized spacial score (nSPS) is 10.8. The number of halogens is 2. The summed E-state index contributed by atoms with van der Waals surface area (Å²) in [7, 11) is 1.47. The van der Waals surface area contributed by atoms with Crippen molar-refractivity contribution in [2.45, 2.75) is 6.92 Å². The molecule has 174 valence electrons. The Morgan fingerprint density at radius 2 is 1.94 bits per heavy atom. The third-order valence-corrected chi connectivity index (χ3v) is 5.72. The van der Waals surface area contributed by atoms with Crippen molar-refractivity contribution in [3.8, 4) is 11.4 Å². The van der Waals surface area contributed by atoms with Crippen molar-refractivity contribution in [2.24, 2.45) is 0 Å². The maximum atomic E-state index is 13.6. The first-order chi connectivity index (χ1) is 16.3. The van der Waals surface area contributed by atoms with Crippen LogP contribution in [0.1, 0.15) is 27.8 Å². The minimum absolute atomic E-state index is 0.0156. The van der Waals surface area contributed by atoms with Crippen LogP contribution in [0.5, 0.6) is 5.75 Å². The Morgan fingerprint density at radius 3 is 2.65 bits per heavy atom. The van der Waals surface area contributed by atoms with E-state index < -0.39 is 29.1 Å². The van der Waals surface area contributed by atoms with Crippen molar-refractivity contribution in [1.29, 1.82) is 0 Å². The lowest BCUT2D eigenvalue weighted by Crippen LogP contribution is -2.25. The molecule has 0 aliphatic heterocycles. The molecule has 2 aromatic heterocycles. The van der Waals surface area contributed by atoms with Crippen LogP contribution < -0.4 is 15.6 Å². The second-order valence-electron chi connectivity index (χ2n) is 6.92. The molecule has 0 aliphatic carbocycles. The number of hydrogen-bond donors (Lipinski definition) is 1. The van der Waals surface area contributed by atoms with Crippen LogP contribution in [-0.2, 0) is 4.74 Å². The van der Waals surface area contributed by atoms with Gasteiger partial charge in [-0.1, -0.05) is 6.07 Å². The van der Waals surface area contributed by atoms with E-state index >= 15 is 0 Å². The molecule has 1 amide bonds. The van der Waals surface area contributed by atoms with Crippen LogP contribution in [-0.4, -0.2) is 35.4 Å². The number of ether oxygens (including phenoxy) is 2. The molecule has 11 heteroatoms. The quantitative estimate of drug-likeness (QED) is 0.412. The Bertz CT molecular complexity index is 1480. The van der Waals surface area contributed by atoms with Crippen molar-refractivity contribution < 1.29 is 27.8 Å². The lowest BCUT2D eigenvalue weighted by Gasteiger charge is -2.11. The first-order valence-corrected chi connectivity index (χ1v) is 10.8. The number of esters is 1. The van der Waals surface area contributed by atoms with Gasteiger partial charge in [0, 0.05) is 22.4 Å². The number of benzene rings is 2. The average molecular weight is 485 g/mol. The fraction of sp³-hybridized carbons (Fsp3) is 0.130. The van der Waals surface area contributed by atoms with Gasteiger partial charge in [0.2, 0.25) is 0 Å². The number of carbonyl (C=O) groups excluding carboxylic acids is 2. The molecule has 0 spiro atoms. The molecule has 2 heterocycles. The molecule has 0 fully saturated rings. The van der Waals surface area contributed by atoms with Gasteiger partial charge in [0.05, 0.1) is 24.8 Å². The number of nitrogens with zero attached hydrogens (tertiary/aromatic N) is 2. The molecule has 0 bridgehead atoms. The van der Waals surface area contributed by atoms with E-state index in [1.54, 1.807) is 31.2 Å². The lowest BCUT2D eigenvalue weighted by atomic mass is 10.2. The summed E-state index contributed by atoms with van der Waals surface area (Å²) < 4.78 is 38.1. The zero-order valence-corrected chi connectivity index (χ0v) is 18.7. The smallest absolute Gasteiger partial charge is 0.359 e. The number of aromatic nitrogens is 2. The fourth-order valence-electron chi connectivity index (χ4n) is 3.22. The molecule has 2 aromatic carbocycles. The number of carbonyl (C=O) groups is 2. The second kappa shape index (κ2) is 9.40. The van der Waals surface area contributed by atoms with Crippen molar-refractivity contribution >= 4 is 39.0 Å². The summed E-state index contributed by atoms with van der Waals surface area (Å²) in [4.78, 5) is 38.7. The van der Waals surface area contributed by atoms with E-state index in [1.807, 2.05) is 0 Å². The van der Waals surface area contributed by atoms with E-state index in [4.69, 9.17) is 9.47 Å². The number of methoxy groups -OCH3 is 1. The Balaban J connectivity index is 1.88. The molecule has 4 aromatic rings. The number of fused-ring (bicyclic) bond motifs is 1. The first-order valence-electron chi connectivity index (χ1n) is 9.96. The second-order valence-corrected chi connectivity index (χ2v) is 7.80. The molecule has 0 aliphatic rings. The van der Waals surface area contributed by atoms with Gasteiger partial charge in [0.1, 0.15) is 10.8 Å². The van der Waals surface area contributed by atoms with Gasteiger partial charge >= 0.3 is 5.97 Å². The van der Waals surface area contributed by atoms with Crippen LogP contribution in [0.2, 0.25) is 0 Å². The third-order valence-electron chi connectivity index (χ3n) is 4.83. The predicted molar refractivity (Wildman–Crippen MR) is 122 cm³/mol. The molecular formula is C23H17F2N3O5S. The number of hydrogen-bond acceptors (Lipinski definition) is 7. The molecular weight excluding hydrogens is 468 g/mol. The minimum Gasteiger partial charge on any atom is -0.497 e. The van der Waals surface area contributed by atoms with Crippen LogP contribution in [0, 0.1) is 11.6 Å². The zero-order valence-electron chi connectivity index (χ0n) is 17.9. The standard InChI is InChI=1S/C23H17F2N3O5S/c1-3-33-23(31)19-15-11-34-21(26-20(29)12-7-8-16(24)17(25)9-12)18(15)22(30)28(27-19)13-5-4-6-14(10-13)32-2/h4-11H,3H2,1-2H3,(H,26,29). The summed E-state index contributed by atoms with van der Waals surface area (Å²) in [5, 5.41) is 8.56. The van der Waals surface area contributed by atoms with Crippen molar-refractivity contribution in [3.05, 3.63) is 81.1 Å². The van der Waals surface area contributed by atoms with Gasteiger partial charge in [-0.3, -0.25) is 9.59 Å². The maximum Gasteiger partial charge on any atom is 0.359 e. The molecule has 0 saturated heterocycles. The Hall–Kier alpha value is -4.12. The minimum atomic E-state index is -1.18. The van der Waals surface area contributed by atoms with Crippen molar-refractivity contribution in [1.82, 2.24) is 9.78 Å². The van der Waals surface area contributed by atoms with E-state index in [-0.39, 0.29) is 33.6 Å². The molecule has 0 saturated carbocycles. The Labute approximate surface area is 195 Å². The monoisotopic (exact) mass is 485 g/mol. The summed E-state index contributed by atoms with van der Waals surface area (Å²) >= 11 is 0.983. The highest BCUT2D eigenvalue weighted by Gasteiger charge is 2.23. The lowest BCUT2D eigenvalue weighted by molar-refractivity contribution is 0.0520. The number of amides is 1. The summed E-state index contributed by atoms with van der Waals surface area (Å²) in [6.45, 7) is 1.72. The predicted octanol–water partition coefficient (Wildman–Crippen LogP) is 4.16. The fourth-order valence-corrected chi connectivity index (χ4v) is 4.15. The number of rotatable bonds is 6. The van der Waals surface area contributed by atoms with E-state index in [1.165, 1.54) is 12.5 Å². The van der Waals surface area contributed by atoms with Crippen LogP contribution in [0.25, 0.3) is 16.5 Å². The summed E-state index contributed by atoms with van der Waals surface area (Å²) in [6.07, 6.45) is 0. The molecule has 34 heavy (non-hydrogen) atoms. The van der Waals surface area contributed by atoms with Gasteiger partial charge in [0.25, 0.3) is 11.5 Å². The molecule has 8 nitrogen and oxygen atoms in total. The van der Waals surface area contributed by atoms with Gasteiger partial charge in [-0.15, -0.1) is 11.3 Å². The van der Waals surface area contributed by atoms with Gasteiger partial charge in [-0.05, 0) is 37.3 Å². The van der Waals surface area contributed by atoms with E-state index in [2.05, 4.69) is 10.4 Å². The highest BCUT2D eigenvalue weighted by molar-refractivity contribution is 7.16. The average Bonchev–Trinajstić information content (AvgIpc) is 3.25. The van der Waals surface area contributed by atoms with E-state index in [0.29, 0.717) is 11.4 Å². The Kier molecular flexibility index (Phi) is 6.37. The largest absolute Gasteiger partial charge is 0.497 e. The van der Waals surface area contributed by atoms with Crippen molar-refractivity contribution in [3.63, 3.8) is 0 Å². The summed E-state index contributed by atoms with van der Waals surface area (Å²) in [5.41, 5.74) is -0.559. The highest BCUT2D eigenvalue weighted by Crippen LogP contribution is 2.31. The number of anilines is 1. The maximum absolute atomic E-state index is 13.6. The molecule has 1 N–H and O–H groups in total. The van der Waals surface area contributed by atoms with E-state index in [9.17, 15) is 23.2 Å². The molecule has 0 radical (unpaired) electrons. The Morgan fingerprint density at radius 1 is 1.15 bits per heavy atom. The van der Waals surface area contributed by atoms with Crippen LogP contribution >= 0.6 is 11.3 Å². The zero-order chi connectivity index (χ0) is 24.4. The van der Waals surface area contributed by atoms with E-state index in [0.717, 1.165) is 34.2 Å². The van der Waals surface area contributed by atoms with Crippen LogP contribution in [0.4, 0.5) is 13.8 Å². The molecule has 0 unspecified atom stereocenters. The van der Waals surface area contributed by atoms with Crippen molar-refractivity contribution in [2.75, 3.05) is 19.0 Å². The SMILES string of the molecule is CCOC(=O)c1nn(-c2cccc(OC)c2)c(=O)c2c(NC(=O)c3ccc(F)c(F)c3)scc12. The summed E-state index contributed by atoms with van der Waals surface area (Å²) in [6, 6.07) is 9.18. The van der Waals surface area contributed by atoms with Gasteiger partial charge < -0.3 is 14.8 Å². The van der Waals surface area contributed by atoms with Crippen LogP contribution in [0.15, 0.2) is 52.6 Å². The molecule has 4 rings (SSSR count). The number of thiophene rings is 1.